The van der Waals surface area contributed by atoms with Crippen molar-refractivity contribution in [2.45, 2.75) is 0 Å². The lowest BCUT2D eigenvalue weighted by Gasteiger charge is -2.32. The van der Waals surface area contributed by atoms with Crippen molar-refractivity contribution in [3.8, 4) is 0 Å². The first-order chi connectivity index (χ1) is 18.8. The van der Waals surface area contributed by atoms with Crippen LogP contribution in [0.15, 0.2) is 72.8 Å². The van der Waals surface area contributed by atoms with E-state index in [1.807, 2.05) is 54.6 Å². The number of non-ortho nitro benzene ring substituents is 1. The van der Waals surface area contributed by atoms with Crippen molar-refractivity contribution in [3.05, 3.63) is 94.0 Å². The number of nitro benzene ring substituents is 1. The first kappa shape index (κ1) is 26.1. The quantitative estimate of drug-likeness (QED) is 0.274. The molecule has 0 spiro atoms. The zero-order valence-corrected chi connectivity index (χ0v) is 21.9. The third-order valence-electron chi connectivity index (χ3n) is 7.12. The Balaban J connectivity index is 1.41. The number of piperazine rings is 1. The number of hydrogen-bond donors (Lipinski definition) is 2. The summed E-state index contributed by atoms with van der Waals surface area (Å²) in [4.78, 5) is 43.0. The van der Waals surface area contributed by atoms with Crippen LogP contribution in [-0.2, 0) is 9.59 Å². The Kier molecular flexibility index (Phi) is 7.40. The predicted molar refractivity (Wildman–Crippen MR) is 152 cm³/mol. The number of hydrogen-bond acceptors (Lipinski definition) is 7. The molecule has 2 aliphatic rings. The number of anilines is 3. The van der Waals surface area contributed by atoms with Crippen LogP contribution >= 0.6 is 0 Å². The molecule has 2 aliphatic heterocycles. The molecule has 0 saturated carbocycles. The topological polar surface area (TPSA) is 111 Å². The van der Waals surface area contributed by atoms with Gasteiger partial charge in [0.25, 0.3) is 11.6 Å². The normalized spacial score (nSPS) is 16.8. The van der Waals surface area contributed by atoms with Gasteiger partial charge >= 0.3 is 0 Å². The molecule has 0 bridgehead atoms. The minimum absolute atomic E-state index is 0.0215. The van der Waals surface area contributed by atoms with Crippen molar-refractivity contribution in [1.82, 2.24) is 9.80 Å². The highest BCUT2D eigenvalue weighted by Gasteiger charge is 2.30. The maximum atomic E-state index is 13.1. The number of rotatable bonds is 7. The minimum Gasteiger partial charge on any atom is -0.354 e. The molecule has 0 radical (unpaired) electrons. The van der Waals surface area contributed by atoms with Crippen LogP contribution in [0.25, 0.3) is 11.3 Å². The van der Waals surface area contributed by atoms with Crippen molar-refractivity contribution >= 4 is 45.8 Å². The second-order valence-corrected chi connectivity index (χ2v) is 9.76. The smallest absolute Gasteiger partial charge is 0.270 e. The fourth-order valence-electron chi connectivity index (χ4n) is 4.76. The van der Waals surface area contributed by atoms with Crippen LogP contribution in [0.4, 0.5) is 22.7 Å². The van der Waals surface area contributed by atoms with Crippen LogP contribution in [0.3, 0.4) is 0 Å². The summed E-state index contributed by atoms with van der Waals surface area (Å²) < 4.78 is 0. The van der Waals surface area contributed by atoms with Crippen molar-refractivity contribution in [1.29, 1.82) is 0 Å². The van der Waals surface area contributed by atoms with Gasteiger partial charge in [-0.05, 0) is 42.9 Å². The van der Waals surface area contributed by atoms with Crippen LogP contribution in [0.5, 0.6) is 0 Å². The molecule has 2 amide bonds. The Hall–Kier alpha value is -4.54. The van der Waals surface area contributed by atoms with E-state index in [9.17, 15) is 19.7 Å². The molecule has 2 heterocycles. The van der Waals surface area contributed by atoms with E-state index >= 15 is 0 Å². The lowest BCUT2D eigenvalue weighted by atomic mass is 9.99. The van der Waals surface area contributed by atoms with Gasteiger partial charge in [0.15, 0.2) is 0 Å². The number of nitro groups is 1. The number of carbonyl (C=O) groups is 2. The van der Waals surface area contributed by atoms with E-state index in [-0.39, 0.29) is 17.5 Å². The highest BCUT2D eigenvalue weighted by atomic mass is 16.6. The van der Waals surface area contributed by atoms with Crippen LogP contribution in [0.2, 0.25) is 0 Å². The van der Waals surface area contributed by atoms with Gasteiger partial charge < -0.3 is 20.4 Å². The molecule has 2 N–H and O–H groups in total. The van der Waals surface area contributed by atoms with Gasteiger partial charge in [-0.25, -0.2) is 0 Å². The standard InChI is InChI=1S/C29H30N6O4/c1-32-14-16-34(17-15-32)19-26(36)33(2)22-10-8-21(9-11-22)30-28(20-6-4-3-5-7-20)27-24-18-23(35(38)39)12-13-25(24)31-29(27)37/h3-13,18,30H,14-17,19H2,1-2H3,(H,31,37). The van der Waals surface area contributed by atoms with Crippen molar-refractivity contribution in [2.24, 2.45) is 0 Å². The molecule has 1 fully saturated rings. The lowest BCUT2D eigenvalue weighted by Crippen LogP contribution is -2.48. The Labute approximate surface area is 226 Å². The van der Waals surface area contributed by atoms with E-state index < -0.39 is 4.92 Å². The molecule has 1 saturated heterocycles. The fourth-order valence-corrected chi connectivity index (χ4v) is 4.76. The molecule has 3 aromatic carbocycles. The monoisotopic (exact) mass is 526 g/mol. The number of nitrogens with one attached hydrogen (secondary N) is 2. The molecule has 0 aliphatic carbocycles. The van der Waals surface area contributed by atoms with Gasteiger partial charge in [0.1, 0.15) is 0 Å². The third-order valence-corrected chi connectivity index (χ3v) is 7.12. The van der Waals surface area contributed by atoms with Gasteiger partial charge in [-0.2, -0.15) is 0 Å². The number of amides is 2. The molecular weight excluding hydrogens is 496 g/mol. The minimum atomic E-state index is -0.476. The van der Waals surface area contributed by atoms with E-state index in [2.05, 4.69) is 27.5 Å². The lowest BCUT2D eigenvalue weighted by molar-refractivity contribution is -0.384. The molecule has 200 valence electrons. The van der Waals surface area contributed by atoms with E-state index in [1.54, 1.807) is 18.0 Å². The molecule has 5 rings (SSSR count). The van der Waals surface area contributed by atoms with Gasteiger partial charge in [0, 0.05) is 68.0 Å². The highest BCUT2D eigenvalue weighted by Crippen LogP contribution is 2.39. The summed E-state index contributed by atoms with van der Waals surface area (Å²) in [5.74, 6) is -0.323. The molecule has 0 unspecified atom stereocenters. The Morgan fingerprint density at radius 1 is 1.03 bits per heavy atom. The average Bonchev–Trinajstić information content (AvgIpc) is 3.28. The van der Waals surface area contributed by atoms with E-state index in [1.165, 1.54) is 12.1 Å². The predicted octanol–water partition coefficient (Wildman–Crippen LogP) is 3.74. The Morgan fingerprint density at radius 3 is 2.38 bits per heavy atom. The first-order valence-electron chi connectivity index (χ1n) is 12.7. The van der Waals surface area contributed by atoms with Crippen molar-refractivity contribution in [2.75, 3.05) is 62.4 Å². The van der Waals surface area contributed by atoms with Crippen molar-refractivity contribution < 1.29 is 14.5 Å². The summed E-state index contributed by atoms with van der Waals surface area (Å²) in [6, 6.07) is 21.1. The Morgan fingerprint density at radius 2 is 1.72 bits per heavy atom. The summed E-state index contributed by atoms with van der Waals surface area (Å²) in [6.45, 7) is 4.01. The third kappa shape index (κ3) is 5.66. The molecule has 10 nitrogen and oxygen atoms in total. The molecule has 3 aromatic rings. The first-order valence-corrected chi connectivity index (χ1v) is 12.7. The van der Waals surface area contributed by atoms with Crippen LogP contribution in [0.1, 0.15) is 11.1 Å². The van der Waals surface area contributed by atoms with Gasteiger partial charge in [0.2, 0.25) is 5.91 Å². The highest BCUT2D eigenvalue weighted by molar-refractivity contribution is 6.37. The zero-order chi connectivity index (χ0) is 27.5. The average molecular weight is 527 g/mol. The zero-order valence-electron chi connectivity index (χ0n) is 21.9. The summed E-state index contributed by atoms with van der Waals surface area (Å²) in [5, 5.41) is 17.6. The number of nitrogens with zero attached hydrogens (tertiary/aromatic N) is 4. The van der Waals surface area contributed by atoms with E-state index in [4.69, 9.17) is 0 Å². The van der Waals surface area contributed by atoms with Gasteiger partial charge in [-0.15, -0.1) is 0 Å². The largest absolute Gasteiger partial charge is 0.354 e. The molecule has 10 heteroatoms. The molecular formula is C29H30N6O4. The second kappa shape index (κ2) is 11.1. The van der Waals surface area contributed by atoms with Gasteiger partial charge in [-0.1, -0.05) is 30.3 Å². The number of fused-ring (bicyclic) bond motifs is 1. The summed E-state index contributed by atoms with van der Waals surface area (Å²) in [7, 11) is 3.85. The second-order valence-electron chi connectivity index (χ2n) is 9.76. The van der Waals surface area contributed by atoms with Crippen LogP contribution in [0, 0.1) is 10.1 Å². The number of benzene rings is 3. The molecule has 0 aromatic heterocycles. The number of carbonyl (C=O) groups excluding carboxylic acids is 2. The maximum Gasteiger partial charge on any atom is 0.270 e. The maximum absolute atomic E-state index is 13.1. The molecule has 39 heavy (non-hydrogen) atoms. The summed E-state index contributed by atoms with van der Waals surface area (Å²) in [6.07, 6.45) is 0. The van der Waals surface area contributed by atoms with E-state index in [0.29, 0.717) is 34.8 Å². The fraction of sp³-hybridized carbons (Fsp3) is 0.241. The summed E-state index contributed by atoms with van der Waals surface area (Å²) >= 11 is 0. The van der Waals surface area contributed by atoms with E-state index in [0.717, 1.165) is 37.4 Å². The van der Waals surface area contributed by atoms with Crippen molar-refractivity contribution in [3.63, 3.8) is 0 Å². The Bertz CT molecular complexity index is 1430. The molecule has 0 atom stereocenters. The van der Waals surface area contributed by atoms with Gasteiger partial charge in [0.05, 0.1) is 22.7 Å². The number of likely N-dealkylation sites (N-methyl/N-ethyl adjacent to an activating group) is 2. The van der Waals surface area contributed by atoms with Crippen LogP contribution < -0.4 is 15.5 Å². The van der Waals surface area contributed by atoms with Crippen LogP contribution in [-0.4, -0.2) is 73.4 Å². The summed E-state index contributed by atoms with van der Waals surface area (Å²) in [5.41, 5.74) is 3.96. The van der Waals surface area contributed by atoms with Gasteiger partial charge in [-0.3, -0.25) is 24.6 Å². The SMILES string of the molecule is CN1CCN(CC(=O)N(C)c2ccc(NC(=C3C(=O)Nc4ccc([N+](=O)[O-])cc43)c3ccccc3)cc2)CC1.